The van der Waals surface area contributed by atoms with Crippen molar-refractivity contribution in [2.24, 2.45) is 5.73 Å². The van der Waals surface area contributed by atoms with Gasteiger partial charge in [0.1, 0.15) is 5.82 Å². The van der Waals surface area contributed by atoms with E-state index in [1.807, 2.05) is 18.0 Å². The highest BCUT2D eigenvalue weighted by atomic mass is 32.2. The van der Waals surface area contributed by atoms with Crippen molar-refractivity contribution in [2.75, 3.05) is 11.1 Å². The highest BCUT2D eigenvalue weighted by Gasteiger charge is 2.26. The lowest BCUT2D eigenvalue weighted by Crippen LogP contribution is -2.01. The highest BCUT2D eigenvalue weighted by Crippen LogP contribution is 2.48. The molecule has 1 aliphatic rings. The standard InChI is InChI=1S/C20H19N7S/c21-9-11-1-2-16-12(5-11)7-17(28-16)15-8-14(6-13-10-24-27-19(13)15)25-18-3-4-23-20(22)26-18/h1-6,8,10,17H,7,9,21H2,(H,24,27)(H3,22,23,25,26). The fourth-order valence-corrected chi connectivity index (χ4v) is 4.93. The summed E-state index contributed by atoms with van der Waals surface area (Å²) in [6.07, 6.45) is 4.45. The molecular weight excluding hydrogens is 370 g/mol. The van der Waals surface area contributed by atoms with Gasteiger partial charge in [-0.1, -0.05) is 12.1 Å². The molecule has 0 saturated heterocycles. The van der Waals surface area contributed by atoms with Crippen LogP contribution in [0.25, 0.3) is 10.9 Å². The summed E-state index contributed by atoms with van der Waals surface area (Å²) in [7, 11) is 0. The molecule has 0 saturated carbocycles. The lowest BCUT2D eigenvalue weighted by molar-refractivity contribution is 0.942. The summed E-state index contributed by atoms with van der Waals surface area (Å²) in [5, 5.41) is 12.1. The Hall–Kier alpha value is -3.10. The van der Waals surface area contributed by atoms with Crippen LogP contribution >= 0.6 is 11.8 Å². The van der Waals surface area contributed by atoms with Gasteiger partial charge >= 0.3 is 0 Å². The number of fused-ring (bicyclic) bond motifs is 2. The molecule has 2 aromatic heterocycles. The maximum Gasteiger partial charge on any atom is 0.221 e. The zero-order chi connectivity index (χ0) is 19.1. The second-order valence-corrected chi connectivity index (χ2v) is 8.03. The first kappa shape index (κ1) is 17.0. The smallest absolute Gasteiger partial charge is 0.221 e. The van der Waals surface area contributed by atoms with Crippen molar-refractivity contribution >= 4 is 40.1 Å². The van der Waals surface area contributed by atoms with E-state index in [0.29, 0.717) is 17.6 Å². The Morgan fingerprint density at radius 2 is 2.14 bits per heavy atom. The summed E-state index contributed by atoms with van der Waals surface area (Å²) in [4.78, 5) is 9.49. The number of aromatic amines is 1. The first-order valence-corrected chi connectivity index (χ1v) is 9.88. The molecule has 0 spiro atoms. The largest absolute Gasteiger partial charge is 0.368 e. The van der Waals surface area contributed by atoms with Crippen molar-refractivity contribution in [3.8, 4) is 0 Å². The maximum absolute atomic E-state index is 5.81. The van der Waals surface area contributed by atoms with E-state index < -0.39 is 0 Å². The third kappa shape index (κ3) is 3.06. The van der Waals surface area contributed by atoms with E-state index in [1.165, 1.54) is 21.6 Å². The van der Waals surface area contributed by atoms with Gasteiger partial charge in [-0.05, 0) is 47.4 Å². The molecule has 0 fully saturated rings. The number of nitrogens with two attached hydrogens (primary N) is 2. The van der Waals surface area contributed by atoms with E-state index in [1.54, 1.807) is 12.3 Å². The molecule has 0 aliphatic carbocycles. The van der Waals surface area contributed by atoms with Crippen LogP contribution < -0.4 is 16.8 Å². The highest BCUT2D eigenvalue weighted by molar-refractivity contribution is 7.99. The number of benzene rings is 2. The molecule has 0 radical (unpaired) electrons. The predicted octanol–water partition coefficient (Wildman–Crippen LogP) is 3.53. The molecule has 0 bridgehead atoms. The minimum absolute atomic E-state index is 0.243. The second-order valence-electron chi connectivity index (χ2n) is 6.78. The van der Waals surface area contributed by atoms with Crippen LogP contribution in [0.3, 0.4) is 0 Å². The fraction of sp³-hybridized carbons (Fsp3) is 0.150. The molecule has 3 heterocycles. The Bertz CT molecular complexity index is 1170. The van der Waals surface area contributed by atoms with Crippen molar-refractivity contribution in [3.05, 3.63) is 65.5 Å². The van der Waals surface area contributed by atoms with Crippen LogP contribution in [0.15, 0.2) is 53.7 Å². The number of hydrogen-bond donors (Lipinski definition) is 4. The van der Waals surface area contributed by atoms with Gasteiger partial charge in [0.2, 0.25) is 5.95 Å². The van der Waals surface area contributed by atoms with E-state index in [-0.39, 0.29) is 5.95 Å². The van der Waals surface area contributed by atoms with Gasteiger partial charge in [-0.25, -0.2) is 4.98 Å². The van der Waals surface area contributed by atoms with Gasteiger partial charge in [0.05, 0.1) is 11.7 Å². The molecule has 0 amide bonds. The molecule has 1 unspecified atom stereocenters. The predicted molar refractivity (Wildman–Crippen MR) is 112 cm³/mol. The van der Waals surface area contributed by atoms with Crippen LogP contribution in [0.5, 0.6) is 0 Å². The van der Waals surface area contributed by atoms with Gasteiger partial charge in [-0.2, -0.15) is 10.1 Å². The van der Waals surface area contributed by atoms with Crippen molar-refractivity contribution in [3.63, 3.8) is 0 Å². The van der Waals surface area contributed by atoms with Crippen LogP contribution in [0, 0.1) is 0 Å². The summed E-state index contributed by atoms with van der Waals surface area (Å²) in [6, 6.07) is 12.5. The fourth-order valence-electron chi connectivity index (χ4n) is 3.60. The molecule has 5 rings (SSSR count). The number of H-pyrrole nitrogens is 1. The number of nitrogens with zero attached hydrogens (tertiary/aromatic N) is 3. The Kier molecular flexibility index (Phi) is 4.14. The first-order chi connectivity index (χ1) is 13.7. The number of hydrogen-bond acceptors (Lipinski definition) is 7. The summed E-state index contributed by atoms with van der Waals surface area (Å²) < 4.78 is 0. The van der Waals surface area contributed by atoms with E-state index in [9.17, 15) is 0 Å². The molecule has 7 nitrogen and oxygen atoms in total. The first-order valence-electron chi connectivity index (χ1n) is 9.01. The normalized spacial score (nSPS) is 15.7. The number of thioether (sulfide) groups is 1. The maximum atomic E-state index is 5.81. The van der Waals surface area contributed by atoms with Crippen LogP contribution in [0.2, 0.25) is 0 Å². The summed E-state index contributed by atoms with van der Waals surface area (Å²) in [5.41, 5.74) is 17.3. The van der Waals surface area contributed by atoms with E-state index in [2.05, 4.69) is 55.8 Å². The number of nitrogens with one attached hydrogen (secondary N) is 2. The molecule has 2 aromatic carbocycles. The average Bonchev–Trinajstić information content (AvgIpc) is 3.33. The molecule has 1 atom stereocenters. The third-order valence-electron chi connectivity index (χ3n) is 4.91. The van der Waals surface area contributed by atoms with Gasteiger partial charge in [-0.3, -0.25) is 5.10 Å². The number of nitrogen functional groups attached to an aromatic ring is 1. The monoisotopic (exact) mass is 389 g/mol. The number of anilines is 3. The van der Waals surface area contributed by atoms with E-state index in [0.717, 1.165) is 23.0 Å². The van der Waals surface area contributed by atoms with E-state index >= 15 is 0 Å². The molecule has 4 aromatic rings. The third-order valence-corrected chi connectivity index (χ3v) is 6.27. The minimum atomic E-state index is 0.243. The molecule has 1 aliphatic heterocycles. The molecule has 6 N–H and O–H groups in total. The zero-order valence-corrected chi connectivity index (χ0v) is 15.8. The Balaban J connectivity index is 1.51. The van der Waals surface area contributed by atoms with E-state index in [4.69, 9.17) is 11.5 Å². The van der Waals surface area contributed by atoms with Crippen molar-refractivity contribution in [2.45, 2.75) is 23.1 Å². The van der Waals surface area contributed by atoms with Gasteiger partial charge in [0, 0.05) is 34.0 Å². The van der Waals surface area contributed by atoms with Crippen molar-refractivity contribution < 1.29 is 0 Å². The molecule has 8 heteroatoms. The van der Waals surface area contributed by atoms with Crippen LogP contribution in [-0.4, -0.2) is 20.2 Å². The Labute approximate surface area is 166 Å². The minimum Gasteiger partial charge on any atom is -0.368 e. The lowest BCUT2D eigenvalue weighted by atomic mass is 10.0. The van der Waals surface area contributed by atoms with Gasteiger partial charge < -0.3 is 16.8 Å². The molecule has 28 heavy (non-hydrogen) atoms. The van der Waals surface area contributed by atoms with Crippen LogP contribution in [-0.2, 0) is 13.0 Å². The topological polar surface area (TPSA) is 119 Å². The average molecular weight is 389 g/mol. The number of rotatable bonds is 4. The lowest BCUT2D eigenvalue weighted by Gasteiger charge is -2.14. The summed E-state index contributed by atoms with van der Waals surface area (Å²) in [5.74, 6) is 0.906. The Morgan fingerprint density at radius 1 is 1.21 bits per heavy atom. The SMILES string of the molecule is NCc1ccc2c(c1)CC(c1cc(Nc3ccnc(N)n3)cc3cn[nH]c13)S2. The van der Waals surface area contributed by atoms with Crippen LogP contribution in [0.4, 0.5) is 17.5 Å². The number of aromatic nitrogens is 4. The zero-order valence-electron chi connectivity index (χ0n) is 15.0. The summed E-state index contributed by atoms with van der Waals surface area (Å²) >= 11 is 1.88. The van der Waals surface area contributed by atoms with Crippen LogP contribution in [0.1, 0.15) is 21.9 Å². The molecule has 140 valence electrons. The Morgan fingerprint density at radius 3 is 3.00 bits per heavy atom. The van der Waals surface area contributed by atoms with Gasteiger partial charge in [0.15, 0.2) is 0 Å². The summed E-state index contributed by atoms with van der Waals surface area (Å²) in [6.45, 7) is 0.564. The second kappa shape index (κ2) is 6.81. The quantitative estimate of drug-likeness (QED) is 0.421. The molecular formula is C20H19N7S. The van der Waals surface area contributed by atoms with Crippen molar-refractivity contribution in [1.29, 1.82) is 0 Å². The van der Waals surface area contributed by atoms with Gasteiger partial charge in [0.25, 0.3) is 0 Å². The van der Waals surface area contributed by atoms with Gasteiger partial charge in [-0.15, -0.1) is 11.8 Å². The van der Waals surface area contributed by atoms with Crippen molar-refractivity contribution in [1.82, 2.24) is 20.2 Å².